The Morgan fingerprint density at radius 3 is 2.53 bits per heavy atom. The van der Waals surface area contributed by atoms with Gasteiger partial charge in [0.15, 0.2) is 17.3 Å². The number of carbonyl (C=O) groups is 1. The van der Waals surface area contributed by atoms with E-state index in [0.717, 1.165) is 6.07 Å². The normalized spacial score (nSPS) is 10.0. The zero-order valence-electron chi connectivity index (χ0n) is 8.78. The lowest BCUT2D eigenvalue weighted by atomic mass is 10.1. The summed E-state index contributed by atoms with van der Waals surface area (Å²) in [6, 6.07) is 2.46. The number of ketones is 1. The van der Waals surface area contributed by atoms with Crippen LogP contribution in [0.25, 0.3) is 0 Å². The summed E-state index contributed by atoms with van der Waals surface area (Å²) < 4.78 is 4.86. The molecule has 0 saturated carbocycles. The molecule has 1 rings (SSSR count). The minimum Gasteiger partial charge on any atom is -0.507 e. The van der Waals surface area contributed by atoms with Gasteiger partial charge in [0.05, 0.1) is 12.7 Å². The molecular formula is C11H14O4. The lowest BCUT2D eigenvalue weighted by Crippen LogP contribution is -1.99. The second kappa shape index (κ2) is 4.68. The van der Waals surface area contributed by atoms with Crippen LogP contribution in [0.4, 0.5) is 0 Å². The second-order valence-corrected chi connectivity index (χ2v) is 3.21. The Morgan fingerprint density at radius 2 is 2.00 bits per heavy atom. The first-order valence-electron chi connectivity index (χ1n) is 4.73. The molecule has 0 fully saturated rings. The molecule has 0 atom stereocenters. The van der Waals surface area contributed by atoms with E-state index < -0.39 is 0 Å². The number of aromatic hydroxyl groups is 2. The molecule has 0 amide bonds. The topological polar surface area (TPSA) is 66.8 Å². The molecular weight excluding hydrogens is 196 g/mol. The lowest BCUT2D eigenvalue weighted by Gasteiger charge is -2.07. The van der Waals surface area contributed by atoms with Crippen molar-refractivity contribution in [2.24, 2.45) is 0 Å². The Labute approximate surface area is 88.1 Å². The van der Waals surface area contributed by atoms with E-state index in [4.69, 9.17) is 4.74 Å². The highest BCUT2D eigenvalue weighted by molar-refractivity contribution is 5.99. The minimum atomic E-state index is -0.216. The zero-order valence-corrected chi connectivity index (χ0v) is 8.78. The van der Waals surface area contributed by atoms with Crippen molar-refractivity contribution in [3.8, 4) is 17.2 Å². The highest BCUT2D eigenvalue weighted by atomic mass is 16.5. The lowest BCUT2D eigenvalue weighted by molar-refractivity contribution is 0.0979. The van der Waals surface area contributed by atoms with E-state index in [-0.39, 0.29) is 28.6 Å². The van der Waals surface area contributed by atoms with Gasteiger partial charge in [0, 0.05) is 12.5 Å². The summed E-state index contributed by atoms with van der Waals surface area (Å²) in [7, 11) is 1.39. The van der Waals surface area contributed by atoms with Crippen molar-refractivity contribution < 1.29 is 19.7 Å². The summed E-state index contributed by atoms with van der Waals surface area (Å²) in [4.78, 5) is 11.5. The fraction of sp³-hybridized carbons (Fsp3) is 0.364. The molecule has 0 aromatic heterocycles. The molecule has 0 aliphatic rings. The van der Waals surface area contributed by atoms with E-state index in [0.29, 0.717) is 12.8 Å². The summed E-state index contributed by atoms with van der Waals surface area (Å²) in [5.41, 5.74) is 0.187. The molecule has 0 aliphatic heterocycles. The fourth-order valence-corrected chi connectivity index (χ4v) is 1.31. The van der Waals surface area contributed by atoms with Gasteiger partial charge >= 0.3 is 0 Å². The molecule has 0 spiro atoms. The van der Waals surface area contributed by atoms with Crippen molar-refractivity contribution >= 4 is 5.78 Å². The van der Waals surface area contributed by atoms with Gasteiger partial charge < -0.3 is 14.9 Å². The third-order valence-corrected chi connectivity index (χ3v) is 2.07. The van der Waals surface area contributed by atoms with Crippen LogP contribution in [-0.2, 0) is 0 Å². The quantitative estimate of drug-likeness (QED) is 0.747. The average molecular weight is 210 g/mol. The Balaban J connectivity index is 3.12. The molecule has 4 nitrogen and oxygen atoms in total. The number of phenolic OH excluding ortho intramolecular Hbond substituents is 2. The third-order valence-electron chi connectivity index (χ3n) is 2.07. The molecule has 0 radical (unpaired) electrons. The number of methoxy groups -OCH3 is 1. The number of hydrogen-bond acceptors (Lipinski definition) is 4. The van der Waals surface area contributed by atoms with Gasteiger partial charge in [-0.1, -0.05) is 6.92 Å². The van der Waals surface area contributed by atoms with E-state index >= 15 is 0 Å². The Bertz CT molecular complexity index is 371. The number of ether oxygens (including phenoxy) is 1. The fourth-order valence-electron chi connectivity index (χ4n) is 1.31. The van der Waals surface area contributed by atoms with Crippen LogP contribution >= 0.6 is 0 Å². The Hall–Kier alpha value is -1.71. The van der Waals surface area contributed by atoms with Crippen molar-refractivity contribution in [3.63, 3.8) is 0 Å². The molecule has 0 saturated heterocycles. The first kappa shape index (κ1) is 11.4. The van der Waals surface area contributed by atoms with E-state index in [9.17, 15) is 15.0 Å². The van der Waals surface area contributed by atoms with Crippen molar-refractivity contribution in [3.05, 3.63) is 17.7 Å². The average Bonchev–Trinajstić information content (AvgIpc) is 2.18. The highest BCUT2D eigenvalue weighted by Gasteiger charge is 2.14. The van der Waals surface area contributed by atoms with Gasteiger partial charge in [-0.15, -0.1) is 0 Å². The summed E-state index contributed by atoms with van der Waals surface area (Å²) >= 11 is 0. The molecule has 1 aromatic carbocycles. The smallest absolute Gasteiger partial charge is 0.166 e. The first-order valence-corrected chi connectivity index (χ1v) is 4.73. The van der Waals surface area contributed by atoms with Crippen LogP contribution in [0, 0.1) is 0 Å². The van der Waals surface area contributed by atoms with E-state index in [2.05, 4.69) is 0 Å². The van der Waals surface area contributed by atoms with Gasteiger partial charge in [-0.3, -0.25) is 4.79 Å². The standard InChI is InChI=1S/C11H14O4/c1-3-4-8(12)7-5-11(15-2)10(14)6-9(7)13/h5-6,13-14H,3-4H2,1-2H3. The van der Waals surface area contributed by atoms with Gasteiger partial charge in [0.1, 0.15) is 5.75 Å². The molecule has 0 heterocycles. The van der Waals surface area contributed by atoms with E-state index in [1.54, 1.807) is 0 Å². The Kier molecular flexibility index (Phi) is 3.55. The minimum absolute atomic E-state index is 0.159. The molecule has 0 bridgehead atoms. The summed E-state index contributed by atoms with van der Waals surface area (Å²) in [6.45, 7) is 1.88. The zero-order chi connectivity index (χ0) is 11.4. The number of carbonyl (C=O) groups excluding carboxylic acids is 1. The predicted molar refractivity (Wildman–Crippen MR) is 55.6 cm³/mol. The van der Waals surface area contributed by atoms with E-state index in [1.807, 2.05) is 6.92 Å². The monoisotopic (exact) mass is 210 g/mol. The Morgan fingerprint density at radius 1 is 1.33 bits per heavy atom. The van der Waals surface area contributed by atoms with Crippen LogP contribution in [-0.4, -0.2) is 23.1 Å². The van der Waals surface area contributed by atoms with Gasteiger partial charge in [0.2, 0.25) is 0 Å². The van der Waals surface area contributed by atoms with Crippen LogP contribution < -0.4 is 4.74 Å². The second-order valence-electron chi connectivity index (χ2n) is 3.21. The van der Waals surface area contributed by atoms with Gasteiger partial charge in [-0.05, 0) is 12.5 Å². The van der Waals surface area contributed by atoms with Gasteiger partial charge in [-0.25, -0.2) is 0 Å². The molecule has 4 heteroatoms. The summed E-state index contributed by atoms with van der Waals surface area (Å²) in [5.74, 6) is -0.365. The van der Waals surface area contributed by atoms with Crippen LogP contribution in [0.5, 0.6) is 17.2 Å². The molecule has 0 unspecified atom stereocenters. The van der Waals surface area contributed by atoms with Crippen LogP contribution in [0.2, 0.25) is 0 Å². The van der Waals surface area contributed by atoms with Crippen molar-refractivity contribution in [2.75, 3.05) is 7.11 Å². The van der Waals surface area contributed by atoms with E-state index in [1.165, 1.54) is 13.2 Å². The molecule has 15 heavy (non-hydrogen) atoms. The van der Waals surface area contributed by atoms with Crippen molar-refractivity contribution in [1.29, 1.82) is 0 Å². The van der Waals surface area contributed by atoms with Crippen LogP contribution in [0.3, 0.4) is 0 Å². The number of rotatable bonds is 4. The van der Waals surface area contributed by atoms with Crippen LogP contribution in [0.1, 0.15) is 30.1 Å². The van der Waals surface area contributed by atoms with Gasteiger partial charge in [-0.2, -0.15) is 0 Å². The molecule has 2 N–H and O–H groups in total. The molecule has 82 valence electrons. The summed E-state index contributed by atoms with van der Waals surface area (Å²) in [6.07, 6.45) is 1.07. The summed E-state index contributed by atoms with van der Waals surface area (Å²) in [5, 5.41) is 18.8. The maximum Gasteiger partial charge on any atom is 0.166 e. The van der Waals surface area contributed by atoms with Crippen molar-refractivity contribution in [1.82, 2.24) is 0 Å². The number of hydrogen-bond donors (Lipinski definition) is 2. The third kappa shape index (κ3) is 2.40. The SMILES string of the molecule is CCCC(=O)c1cc(OC)c(O)cc1O. The largest absolute Gasteiger partial charge is 0.507 e. The number of benzene rings is 1. The molecule has 1 aromatic rings. The highest BCUT2D eigenvalue weighted by Crippen LogP contribution is 2.33. The number of phenols is 2. The van der Waals surface area contributed by atoms with Gasteiger partial charge in [0.25, 0.3) is 0 Å². The van der Waals surface area contributed by atoms with Crippen molar-refractivity contribution in [2.45, 2.75) is 19.8 Å². The number of Topliss-reactive ketones (excluding diaryl/α,β-unsaturated/α-hetero) is 1. The maximum atomic E-state index is 11.5. The predicted octanol–water partition coefficient (Wildman–Crippen LogP) is 2.09. The molecule has 0 aliphatic carbocycles. The van der Waals surface area contributed by atoms with Crippen LogP contribution in [0.15, 0.2) is 12.1 Å². The first-order chi connectivity index (χ1) is 7.10. The maximum absolute atomic E-state index is 11.5.